The van der Waals surface area contributed by atoms with E-state index in [1.165, 1.54) is 0 Å². The predicted molar refractivity (Wildman–Crippen MR) is 77.8 cm³/mol. The summed E-state index contributed by atoms with van der Waals surface area (Å²) in [5.41, 5.74) is 5.13. The first-order valence-electron chi connectivity index (χ1n) is 5.92. The second kappa shape index (κ2) is 6.06. The van der Waals surface area contributed by atoms with Crippen LogP contribution in [0.4, 0.5) is 0 Å². The van der Waals surface area contributed by atoms with Gasteiger partial charge in [0.05, 0.1) is 20.3 Å². The van der Waals surface area contributed by atoms with E-state index < -0.39 is 0 Å². The molecule has 0 bridgehead atoms. The van der Waals surface area contributed by atoms with Crippen LogP contribution in [0.15, 0.2) is 29.6 Å². The zero-order valence-electron chi connectivity index (χ0n) is 11.3. The van der Waals surface area contributed by atoms with E-state index >= 15 is 0 Å². The molecular formula is C14H18N2O2S. The number of thiophene rings is 1. The third-order valence-electron chi connectivity index (χ3n) is 3.07. The average Bonchev–Trinajstić information content (AvgIpc) is 2.90. The zero-order chi connectivity index (χ0) is 13.8. The normalized spacial score (nSPS) is 12.2. The van der Waals surface area contributed by atoms with Gasteiger partial charge in [-0.25, -0.2) is 5.43 Å². The number of methoxy groups -OCH3 is 2. The summed E-state index contributed by atoms with van der Waals surface area (Å²) in [6, 6.07) is 7.94. The molecular weight excluding hydrogens is 260 g/mol. The van der Waals surface area contributed by atoms with E-state index in [2.05, 4.69) is 5.43 Å². The van der Waals surface area contributed by atoms with Crippen LogP contribution in [0.1, 0.15) is 22.0 Å². The van der Waals surface area contributed by atoms with Crippen molar-refractivity contribution in [3.63, 3.8) is 0 Å². The highest BCUT2D eigenvalue weighted by Gasteiger charge is 2.17. The molecule has 0 amide bonds. The van der Waals surface area contributed by atoms with Crippen molar-refractivity contribution in [3.05, 3.63) is 45.6 Å². The zero-order valence-corrected chi connectivity index (χ0v) is 12.1. The van der Waals surface area contributed by atoms with E-state index in [9.17, 15) is 0 Å². The fourth-order valence-corrected chi connectivity index (χ4v) is 2.95. The molecule has 1 unspecified atom stereocenters. The van der Waals surface area contributed by atoms with Gasteiger partial charge in [-0.05, 0) is 36.2 Å². The molecule has 0 aliphatic carbocycles. The number of ether oxygens (including phenoxy) is 2. The van der Waals surface area contributed by atoms with Crippen molar-refractivity contribution < 1.29 is 9.47 Å². The molecule has 4 nitrogen and oxygen atoms in total. The number of benzene rings is 1. The van der Waals surface area contributed by atoms with Gasteiger partial charge in [-0.2, -0.15) is 0 Å². The van der Waals surface area contributed by atoms with Gasteiger partial charge in [0.2, 0.25) is 0 Å². The van der Waals surface area contributed by atoms with Crippen molar-refractivity contribution in [1.82, 2.24) is 5.43 Å². The molecule has 0 saturated heterocycles. The van der Waals surface area contributed by atoms with Crippen LogP contribution < -0.4 is 20.7 Å². The Labute approximate surface area is 117 Å². The Morgan fingerprint density at radius 3 is 2.42 bits per heavy atom. The lowest BCUT2D eigenvalue weighted by atomic mass is 10.00. The third kappa shape index (κ3) is 2.89. The molecule has 3 N–H and O–H groups in total. The van der Waals surface area contributed by atoms with Crippen molar-refractivity contribution >= 4 is 11.3 Å². The molecule has 102 valence electrons. The summed E-state index contributed by atoms with van der Waals surface area (Å²) < 4.78 is 10.4. The Balaban J connectivity index is 2.36. The molecule has 0 aliphatic heterocycles. The minimum Gasteiger partial charge on any atom is -0.497 e. The number of hydrogen-bond donors (Lipinski definition) is 2. The van der Waals surface area contributed by atoms with E-state index in [4.69, 9.17) is 15.3 Å². The summed E-state index contributed by atoms with van der Waals surface area (Å²) in [6.07, 6.45) is 0. The van der Waals surface area contributed by atoms with Crippen molar-refractivity contribution in [2.24, 2.45) is 5.84 Å². The van der Waals surface area contributed by atoms with Gasteiger partial charge in [-0.3, -0.25) is 5.84 Å². The lowest BCUT2D eigenvalue weighted by molar-refractivity contribution is 0.414. The minimum absolute atomic E-state index is 0.0418. The molecule has 0 saturated carbocycles. The number of nitrogens with one attached hydrogen (secondary N) is 1. The van der Waals surface area contributed by atoms with Gasteiger partial charge >= 0.3 is 0 Å². The fourth-order valence-electron chi connectivity index (χ4n) is 2.02. The van der Waals surface area contributed by atoms with E-state index in [1.54, 1.807) is 25.6 Å². The highest BCUT2D eigenvalue weighted by molar-refractivity contribution is 7.10. The molecule has 1 atom stereocenters. The summed E-state index contributed by atoms with van der Waals surface area (Å²) in [4.78, 5) is 1.12. The van der Waals surface area contributed by atoms with Crippen molar-refractivity contribution in [1.29, 1.82) is 0 Å². The molecule has 1 aromatic heterocycles. The van der Waals surface area contributed by atoms with Gasteiger partial charge in [0.15, 0.2) is 0 Å². The molecule has 19 heavy (non-hydrogen) atoms. The lowest BCUT2D eigenvalue weighted by Gasteiger charge is -2.17. The molecule has 0 aliphatic rings. The number of aryl methyl sites for hydroxylation is 1. The molecule has 2 rings (SSSR count). The molecule has 1 aromatic carbocycles. The van der Waals surface area contributed by atoms with Crippen molar-refractivity contribution in [3.8, 4) is 11.5 Å². The van der Waals surface area contributed by atoms with Crippen LogP contribution in [0, 0.1) is 6.92 Å². The average molecular weight is 278 g/mol. The van der Waals surface area contributed by atoms with Gasteiger partial charge in [0, 0.05) is 10.3 Å². The summed E-state index contributed by atoms with van der Waals surface area (Å²) in [5.74, 6) is 7.41. The first-order chi connectivity index (χ1) is 9.19. The van der Waals surface area contributed by atoms with Crippen LogP contribution in [0.2, 0.25) is 0 Å². The van der Waals surface area contributed by atoms with Crippen LogP contribution in [-0.4, -0.2) is 14.2 Å². The lowest BCUT2D eigenvalue weighted by Crippen LogP contribution is -2.28. The van der Waals surface area contributed by atoms with Gasteiger partial charge in [0.25, 0.3) is 0 Å². The second-order valence-electron chi connectivity index (χ2n) is 4.21. The smallest absolute Gasteiger partial charge is 0.129 e. The van der Waals surface area contributed by atoms with E-state index in [1.807, 2.05) is 36.6 Å². The monoisotopic (exact) mass is 278 g/mol. The largest absolute Gasteiger partial charge is 0.497 e. The Morgan fingerprint density at radius 1 is 1.16 bits per heavy atom. The van der Waals surface area contributed by atoms with Crippen LogP contribution >= 0.6 is 11.3 Å². The van der Waals surface area contributed by atoms with Crippen LogP contribution in [-0.2, 0) is 0 Å². The molecule has 1 heterocycles. The summed E-state index contributed by atoms with van der Waals surface area (Å²) in [5, 5.41) is 1.97. The van der Waals surface area contributed by atoms with Crippen LogP contribution in [0.25, 0.3) is 0 Å². The fraction of sp³-hybridized carbons (Fsp3) is 0.286. The van der Waals surface area contributed by atoms with Crippen LogP contribution in [0.3, 0.4) is 0 Å². The Hall–Kier alpha value is -1.56. The predicted octanol–water partition coefficient (Wildman–Crippen LogP) is 2.63. The molecule has 0 spiro atoms. The quantitative estimate of drug-likeness (QED) is 0.652. The maximum atomic E-state index is 5.71. The first kappa shape index (κ1) is 13.9. The van der Waals surface area contributed by atoms with Gasteiger partial charge in [-0.15, -0.1) is 11.3 Å². The Bertz CT molecular complexity index is 554. The minimum atomic E-state index is -0.0418. The number of rotatable bonds is 5. The Morgan fingerprint density at radius 2 is 1.89 bits per heavy atom. The van der Waals surface area contributed by atoms with E-state index in [0.717, 1.165) is 27.5 Å². The summed E-state index contributed by atoms with van der Waals surface area (Å²) >= 11 is 1.62. The molecule has 2 aromatic rings. The number of hydrogen-bond acceptors (Lipinski definition) is 5. The highest BCUT2D eigenvalue weighted by atomic mass is 32.1. The molecule has 0 radical (unpaired) electrons. The van der Waals surface area contributed by atoms with Crippen molar-refractivity contribution in [2.45, 2.75) is 13.0 Å². The summed E-state index contributed by atoms with van der Waals surface area (Å²) in [7, 11) is 3.33. The van der Waals surface area contributed by atoms with E-state index in [0.29, 0.717) is 0 Å². The maximum Gasteiger partial charge on any atom is 0.129 e. The Kier molecular flexibility index (Phi) is 4.42. The molecule has 0 fully saturated rings. The SMILES string of the molecule is COc1csc(C(NN)c2ccc(OC)cc2C)c1. The summed E-state index contributed by atoms with van der Waals surface area (Å²) in [6.45, 7) is 2.05. The number of hydrazine groups is 1. The molecule has 5 heteroatoms. The maximum absolute atomic E-state index is 5.71. The van der Waals surface area contributed by atoms with Gasteiger partial charge < -0.3 is 9.47 Å². The van der Waals surface area contributed by atoms with Crippen molar-refractivity contribution in [2.75, 3.05) is 14.2 Å². The van der Waals surface area contributed by atoms with E-state index in [-0.39, 0.29) is 6.04 Å². The highest BCUT2D eigenvalue weighted by Crippen LogP contribution is 2.33. The standard InChI is InChI=1S/C14H18N2O2S/c1-9-6-10(17-2)4-5-12(9)14(16-15)13-7-11(18-3)8-19-13/h4-8,14,16H,15H2,1-3H3. The van der Waals surface area contributed by atoms with Gasteiger partial charge in [-0.1, -0.05) is 6.07 Å². The first-order valence-corrected chi connectivity index (χ1v) is 6.80. The second-order valence-corrected chi connectivity index (χ2v) is 5.15. The van der Waals surface area contributed by atoms with Crippen LogP contribution in [0.5, 0.6) is 11.5 Å². The topological polar surface area (TPSA) is 56.5 Å². The van der Waals surface area contributed by atoms with Gasteiger partial charge in [0.1, 0.15) is 11.5 Å². The third-order valence-corrected chi connectivity index (χ3v) is 4.05. The number of nitrogens with two attached hydrogens (primary N) is 1.